The van der Waals surface area contributed by atoms with Crippen molar-refractivity contribution in [3.8, 4) is 0 Å². The summed E-state index contributed by atoms with van der Waals surface area (Å²) in [6, 6.07) is 0. The minimum absolute atomic E-state index is 0.00700. The molecular formula is C25H35F3N2O. The van der Waals surface area contributed by atoms with Gasteiger partial charge in [-0.1, -0.05) is 20.3 Å². The molecule has 6 heteroatoms. The molecule has 4 saturated carbocycles. The van der Waals surface area contributed by atoms with Gasteiger partial charge in [-0.2, -0.15) is 18.3 Å². The van der Waals surface area contributed by atoms with E-state index in [0.29, 0.717) is 5.92 Å². The summed E-state index contributed by atoms with van der Waals surface area (Å²) in [7, 11) is 0. The second kappa shape index (κ2) is 7.62. The van der Waals surface area contributed by atoms with Crippen molar-refractivity contribution < 1.29 is 18.0 Å². The van der Waals surface area contributed by atoms with Crippen LogP contribution in [0.3, 0.4) is 0 Å². The fourth-order valence-corrected chi connectivity index (χ4v) is 8.48. The lowest BCUT2D eigenvalue weighted by Crippen LogP contribution is -2.49. The van der Waals surface area contributed by atoms with E-state index in [1.807, 2.05) is 0 Å². The summed E-state index contributed by atoms with van der Waals surface area (Å²) in [5, 5.41) is 3.81. The van der Waals surface area contributed by atoms with E-state index in [0.717, 1.165) is 61.2 Å². The van der Waals surface area contributed by atoms with Crippen molar-refractivity contribution in [1.82, 2.24) is 9.78 Å². The lowest BCUT2D eigenvalue weighted by Gasteiger charge is -2.56. The maximum atomic E-state index is 13.2. The van der Waals surface area contributed by atoms with Crippen LogP contribution in [0.1, 0.15) is 77.2 Å². The molecule has 0 N–H and O–H groups in total. The van der Waals surface area contributed by atoms with Crippen molar-refractivity contribution >= 4 is 5.78 Å². The van der Waals surface area contributed by atoms with E-state index in [1.165, 1.54) is 43.2 Å². The number of carbonyl (C=O) groups excluding carboxylic acids is 1. The van der Waals surface area contributed by atoms with Crippen LogP contribution in [0, 0.1) is 46.8 Å². The molecule has 4 aliphatic rings. The van der Waals surface area contributed by atoms with Crippen LogP contribution in [0.5, 0.6) is 0 Å². The summed E-state index contributed by atoms with van der Waals surface area (Å²) in [6.07, 6.45) is 8.53. The Morgan fingerprint density at radius 3 is 2.61 bits per heavy atom. The summed E-state index contributed by atoms with van der Waals surface area (Å²) in [5.41, 5.74) is -0.776. The molecule has 1 aromatic rings. The quantitative estimate of drug-likeness (QED) is 0.551. The standard InChI is InChI=1S/C25H35F3N2O/c1-15-3-5-18-16(11-15)4-6-20-19(18)9-10-24(2)21(20)7-8-22(24)23(31)14-30-13-17(12-29-30)25(26,27)28/h12-13,15-16,18-22H,3-11,14H2,1-2H3. The van der Waals surface area contributed by atoms with Crippen LogP contribution in [0.2, 0.25) is 0 Å². The Bertz CT molecular complexity index is 833. The van der Waals surface area contributed by atoms with Gasteiger partial charge in [0, 0.05) is 12.1 Å². The second-order valence-electron chi connectivity index (χ2n) is 11.4. The van der Waals surface area contributed by atoms with Crippen molar-refractivity contribution in [3.05, 3.63) is 18.0 Å². The lowest BCUT2D eigenvalue weighted by molar-refractivity contribution is -0.138. The molecule has 1 aromatic heterocycles. The number of hydrogen-bond acceptors (Lipinski definition) is 2. The van der Waals surface area contributed by atoms with Crippen LogP contribution in [-0.2, 0) is 17.5 Å². The van der Waals surface area contributed by atoms with Crippen LogP contribution in [0.4, 0.5) is 13.2 Å². The second-order valence-corrected chi connectivity index (χ2v) is 11.4. The molecule has 5 rings (SSSR count). The minimum Gasteiger partial charge on any atom is -0.297 e. The molecule has 172 valence electrons. The van der Waals surface area contributed by atoms with Gasteiger partial charge >= 0.3 is 6.18 Å². The zero-order valence-electron chi connectivity index (χ0n) is 18.7. The van der Waals surface area contributed by atoms with Crippen LogP contribution >= 0.6 is 0 Å². The van der Waals surface area contributed by atoms with Gasteiger partial charge in [-0.15, -0.1) is 0 Å². The number of aromatic nitrogens is 2. The van der Waals surface area contributed by atoms with Gasteiger partial charge in [0.05, 0.1) is 18.3 Å². The predicted molar refractivity (Wildman–Crippen MR) is 112 cm³/mol. The molecule has 0 saturated heterocycles. The molecular weight excluding hydrogens is 401 g/mol. The summed E-state index contributed by atoms with van der Waals surface area (Å²) >= 11 is 0. The lowest BCUT2D eigenvalue weighted by atomic mass is 9.49. The number of nitrogens with zero attached hydrogens (tertiary/aromatic N) is 2. The Balaban J connectivity index is 1.29. The van der Waals surface area contributed by atoms with Gasteiger partial charge < -0.3 is 0 Å². The number of Topliss-reactive ketones (excluding diaryl/α,β-unsaturated/α-hetero) is 1. The molecule has 0 bridgehead atoms. The molecule has 0 aliphatic heterocycles. The van der Waals surface area contributed by atoms with E-state index in [2.05, 4.69) is 18.9 Å². The van der Waals surface area contributed by atoms with Crippen LogP contribution < -0.4 is 0 Å². The molecule has 0 aromatic carbocycles. The molecule has 3 nitrogen and oxygen atoms in total. The van der Waals surface area contributed by atoms with Crippen LogP contribution in [-0.4, -0.2) is 15.6 Å². The van der Waals surface area contributed by atoms with Crippen LogP contribution in [0.15, 0.2) is 12.4 Å². The first-order valence-corrected chi connectivity index (χ1v) is 12.3. The highest BCUT2D eigenvalue weighted by molar-refractivity contribution is 5.82. The van der Waals surface area contributed by atoms with E-state index in [9.17, 15) is 18.0 Å². The number of halogens is 3. The summed E-state index contributed by atoms with van der Waals surface area (Å²) < 4.78 is 39.8. The first kappa shape index (κ1) is 21.5. The first-order chi connectivity index (χ1) is 14.7. The minimum atomic E-state index is -4.42. The highest BCUT2D eigenvalue weighted by Gasteiger charge is 2.58. The van der Waals surface area contributed by atoms with E-state index < -0.39 is 11.7 Å². The third kappa shape index (κ3) is 3.66. The zero-order valence-corrected chi connectivity index (χ0v) is 18.7. The van der Waals surface area contributed by atoms with Crippen molar-refractivity contribution in [1.29, 1.82) is 0 Å². The number of carbonyl (C=O) groups is 1. The number of alkyl halides is 3. The molecule has 0 amide bonds. The highest BCUT2D eigenvalue weighted by Crippen LogP contribution is 2.64. The SMILES string of the molecule is CC1CCC2C(CCC3C2CCC2(C)C(C(=O)Cn4cc(C(F)(F)F)cn4)CCC32)C1. The molecule has 4 aliphatic carbocycles. The summed E-state index contributed by atoms with van der Waals surface area (Å²) in [5.74, 6) is 4.88. The monoisotopic (exact) mass is 436 g/mol. The van der Waals surface area contributed by atoms with E-state index >= 15 is 0 Å². The Morgan fingerprint density at radius 2 is 1.87 bits per heavy atom. The van der Waals surface area contributed by atoms with Crippen molar-refractivity contribution in [2.45, 2.75) is 84.4 Å². The molecule has 8 atom stereocenters. The van der Waals surface area contributed by atoms with Gasteiger partial charge in [0.15, 0.2) is 5.78 Å². The maximum Gasteiger partial charge on any atom is 0.419 e. The van der Waals surface area contributed by atoms with Gasteiger partial charge in [-0.25, -0.2) is 0 Å². The Morgan fingerprint density at radius 1 is 1.10 bits per heavy atom. The van der Waals surface area contributed by atoms with Gasteiger partial charge in [-0.05, 0) is 92.3 Å². The maximum absolute atomic E-state index is 13.2. The summed E-state index contributed by atoms with van der Waals surface area (Å²) in [4.78, 5) is 13.2. The average molecular weight is 437 g/mol. The predicted octanol–water partition coefficient (Wildman–Crippen LogP) is 6.38. The van der Waals surface area contributed by atoms with Crippen LogP contribution in [0.25, 0.3) is 0 Å². The molecule has 31 heavy (non-hydrogen) atoms. The van der Waals surface area contributed by atoms with E-state index in [1.54, 1.807) is 0 Å². The number of ketones is 1. The van der Waals surface area contributed by atoms with Crippen molar-refractivity contribution in [3.63, 3.8) is 0 Å². The van der Waals surface area contributed by atoms with Gasteiger partial charge in [-0.3, -0.25) is 9.48 Å². The summed E-state index contributed by atoms with van der Waals surface area (Å²) in [6.45, 7) is 4.67. The fourth-order valence-electron chi connectivity index (χ4n) is 8.48. The largest absolute Gasteiger partial charge is 0.419 e. The molecule has 1 heterocycles. The smallest absolute Gasteiger partial charge is 0.297 e. The van der Waals surface area contributed by atoms with Gasteiger partial charge in [0.1, 0.15) is 0 Å². The molecule has 0 radical (unpaired) electrons. The topological polar surface area (TPSA) is 34.9 Å². The number of rotatable bonds is 3. The fraction of sp³-hybridized carbons (Fsp3) is 0.840. The number of hydrogen-bond donors (Lipinski definition) is 0. The van der Waals surface area contributed by atoms with Crippen molar-refractivity contribution in [2.24, 2.45) is 46.8 Å². The third-order valence-electron chi connectivity index (χ3n) is 9.88. The van der Waals surface area contributed by atoms with E-state index in [-0.39, 0.29) is 23.7 Å². The van der Waals surface area contributed by atoms with E-state index in [4.69, 9.17) is 0 Å². The molecule has 0 spiro atoms. The van der Waals surface area contributed by atoms with Gasteiger partial charge in [0.25, 0.3) is 0 Å². The third-order valence-corrected chi connectivity index (χ3v) is 9.88. The highest BCUT2D eigenvalue weighted by atomic mass is 19.4. The number of fused-ring (bicyclic) bond motifs is 5. The average Bonchev–Trinajstić information content (AvgIpc) is 3.31. The Kier molecular flexibility index (Phi) is 5.29. The Labute approximate surface area is 183 Å². The molecule has 8 unspecified atom stereocenters. The Hall–Kier alpha value is -1.33. The molecule has 4 fully saturated rings. The first-order valence-electron chi connectivity index (χ1n) is 12.3. The van der Waals surface area contributed by atoms with Crippen molar-refractivity contribution in [2.75, 3.05) is 0 Å². The van der Waals surface area contributed by atoms with Gasteiger partial charge in [0.2, 0.25) is 0 Å². The normalized spacial score (nSPS) is 42.5. The zero-order chi connectivity index (χ0) is 22.0.